The van der Waals surface area contributed by atoms with E-state index in [1.807, 2.05) is 25.1 Å². The molecule has 0 unspecified atom stereocenters. The fourth-order valence-electron chi connectivity index (χ4n) is 3.38. The molecule has 0 aliphatic carbocycles. The van der Waals surface area contributed by atoms with E-state index in [1.165, 1.54) is 12.1 Å². The van der Waals surface area contributed by atoms with Crippen molar-refractivity contribution in [2.24, 2.45) is 0 Å². The van der Waals surface area contributed by atoms with Gasteiger partial charge >= 0.3 is 0 Å². The summed E-state index contributed by atoms with van der Waals surface area (Å²) in [6.07, 6.45) is 7.79. The summed E-state index contributed by atoms with van der Waals surface area (Å²) in [6.45, 7) is 1.86. The number of carbonyl (C=O) groups is 1. The van der Waals surface area contributed by atoms with Crippen LogP contribution in [0.15, 0.2) is 55.1 Å². The average molecular weight is 406 g/mol. The van der Waals surface area contributed by atoms with Crippen LogP contribution in [0, 0.1) is 11.6 Å². The normalized spacial score (nSPS) is 11.0. The van der Waals surface area contributed by atoms with Crippen LogP contribution in [0.5, 0.6) is 0 Å². The Labute approximate surface area is 172 Å². The number of carbonyl (C=O) groups excluding carboxylic acids is 1. The average Bonchev–Trinajstić information content (AvgIpc) is 3.16. The Balaban J connectivity index is 1.70. The first-order chi connectivity index (χ1) is 14.6. The Kier molecular flexibility index (Phi) is 5.52. The molecule has 0 atom stereocenters. The fourth-order valence-corrected chi connectivity index (χ4v) is 3.38. The first-order valence-corrected chi connectivity index (χ1v) is 9.70. The summed E-state index contributed by atoms with van der Waals surface area (Å²) < 4.78 is 29.4. The second kappa shape index (κ2) is 8.41. The zero-order valence-electron chi connectivity index (χ0n) is 16.4. The Morgan fingerprint density at radius 3 is 2.80 bits per heavy atom. The van der Waals surface area contributed by atoms with E-state index in [0.29, 0.717) is 17.6 Å². The number of pyridine rings is 2. The van der Waals surface area contributed by atoms with Crippen molar-refractivity contribution in [1.29, 1.82) is 0 Å². The number of aromatic amines is 1. The maximum absolute atomic E-state index is 15.0. The maximum Gasteiger partial charge on any atom is 0.224 e. The van der Waals surface area contributed by atoms with Crippen LogP contribution >= 0.6 is 0 Å². The highest BCUT2D eigenvalue weighted by Crippen LogP contribution is 2.29. The lowest BCUT2D eigenvalue weighted by atomic mass is 10.0. The van der Waals surface area contributed by atoms with Gasteiger partial charge in [0.15, 0.2) is 5.82 Å². The number of anilines is 1. The van der Waals surface area contributed by atoms with E-state index in [-0.39, 0.29) is 30.0 Å². The van der Waals surface area contributed by atoms with Crippen LogP contribution in [0.25, 0.3) is 22.2 Å². The van der Waals surface area contributed by atoms with Crippen molar-refractivity contribution in [2.75, 3.05) is 5.32 Å². The maximum atomic E-state index is 15.0. The molecule has 3 heterocycles. The van der Waals surface area contributed by atoms with Gasteiger partial charge in [0.25, 0.3) is 0 Å². The highest BCUT2D eigenvalue weighted by molar-refractivity contribution is 5.91. The molecule has 7 heteroatoms. The molecule has 0 aliphatic heterocycles. The van der Waals surface area contributed by atoms with Gasteiger partial charge in [-0.1, -0.05) is 13.0 Å². The predicted octanol–water partition coefficient (Wildman–Crippen LogP) is 5.23. The van der Waals surface area contributed by atoms with E-state index in [2.05, 4.69) is 20.3 Å². The van der Waals surface area contributed by atoms with Gasteiger partial charge in [-0.3, -0.25) is 9.78 Å². The number of nitrogens with zero attached hydrogens (tertiary/aromatic N) is 2. The number of H-pyrrole nitrogens is 1. The number of halogens is 2. The molecule has 4 aromatic rings. The van der Waals surface area contributed by atoms with E-state index < -0.39 is 11.6 Å². The molecule has 3 aromatic heterocycles. The minimum atomic E-state index is -0.759. The number of fused-ring (bicyclic) bond motifs is 1. The summed E-state index contributed by atoms with van der Waals surface area (Å²) in [4.78, 5) is 23.4. The second-order valence-electron chi connectivity index (χ2n) is 7.04. The molecular weight excluding hydrogens is 386 g/mol. The minimum Gasteiger partial charge on any atom is -0.346 e. The van der Waals surface area contributed by atoms with Crippen molar-refractivity contribution >= 4 is 22.6 Å². The highest BCUT2D eigenvalue weighted by Gasteiger charge is 2.18. The van der Waals surface area contributed by atoms with Crippen molar-refractivity contribution in [3.63, 3.8) is 0 Å². The first-order valence-electron chi connectivity index (χ1n) is 9.70. The zero-order chi connectivity index (χ0) is 21.1. The Hall–Kier alpha value is -3.61. The molecule has 0 fully saturated rings. The summed E-state index contributed by atoms with van der Waals surface area (Å²) >= 11 is 0. The number of benzene rings is 1. The monoisotopic (exact) mass is 406 g/mol. The summed E-state index contributed by atoms with van der Waals surface area (Å²) in [6, 6.07) is 8.10. The Morgan fingerprint density at radius 1 is 1.17 bits per heavy atom. The molecule has 30 heavy (non-hydrogen) atoms. The molecular formula is C23H20F2N4O. The van der Waals surface area contributed by atoms with E-state index in [9.17, 15) is 13.6 Å². The number of amides is 1. The molecule has 152 valence electrons. The van der Waals surface area contributed by atoms with Gasteiger partial charge in [0.2, 0.25) is 5.91 Å². The lowest BCUT2D eigenvalue weighted by Gasteiger charge is -2.11. The van der Waals surface area contributed by atoms with Crippen LogP contribution < -0.4 is 5.32 Å². The van der Waals surface area contributed by atoms with Gasteiger partial charge in [0.1, 0.15) is 11.5 Å². The minimum absolute atomic E-state index is 0.0149. The van der Waals surface area contributed by atoms with Gasteiger partial charge in [-0.05, 0) is 36.2 Å². The van der Waals surface area contributed by atoms with Gasteiger partial charge < -0.3 is 10.3 Å². The number of nitrogens with one attached hydrogen (secondary N) is 2. The van der Waals surface area contributed by atoms with Gasteiger partial charge in [-0.2, -0.15) is 0 Å². The Bertz CT molecular complexity index is 1200. The van der Waals surface area contributed by atoms with E-state index >= 15 is 0 Å². The van der Waals surface area contributed by atoms with Crippen LogP contribution in [-0.4, -0.2) is 20.9 Å². The summed E-state index contributed by atoms with van der Waals surface area (Å²) in [5.74, 6) is -1.72. The third kappa shape index (κ3) is 3.91. The molecule has 1 aromatic carbocycles. The first kappa shape index (κ1) is 19.7. The molecule has 1 amide bonds. The molecule has 5 nitrogen and oxygen atoms in total. The number of aromatic nitrogens is 3. The lowest BCUT2D eigenvalue weighted by molar-refractivity contribution is -0.116. The van der Waals surface area contributed by atoms with Crippen LogP contribution in [0.2, 0.25) is 0 Å². The van der Waals surface area contributed by atoms with E-state index in [0.717, 1.165) is 16.5 Å². The SMILES string of the molecule is CCCC(=O)Nc1ccc(F)c(Cc2c[nH]c3ncc(-c4cccnc4)cc23)c1F. The lowest BCUT2D eigenvalue weighted by Crippen LogP contribution is -2.13. The number of hydrogen-bond acceptors (Lipinski definition) is 3. The molecule has 0 saturated heterocycles. The van der Waals surface area contributed by atoms with Crippen LogP contribution in [0.4, 0.5) is 14.5 Å². The van der Waals surface area contributed by atoms with Crippen LogP contribution in [-0.2, 0) is 11.2 Å². The smallest absolute Gasteiger partial charge is 0.224 e. The van der Waals surface area contributed by atoms with Gasteiger partial charge in [-0.25, -0.2) is 13.8 Å². The molecule has 0 saturated carbocycles. The highest BCUT2D eigenvalue weighted by atomic mass is 19.1. The van der Waals surface area contributed by atoms with E-state index in [1.54, 1.807) is 24.8 Å². The van der Waals surface area contributed by atoms with Crippen LogP contribution in [0.3, 0.4) is 0 Å². The summed E-state index contributed by atoms with van der Waals surface area (Å²) in [7, 11) is 0. The van der Waals surface area contributed by atoms with Crippen molar-refractivity contribution in [1.82, 2.24) is 15.0 Å². The molecule has 0 spiro atoms. The second-order valence-corrected chi connectivity index (χ2v) is 7.04. The molecule has 0 bridgehead atoms. The zero-order valence-corrected chi connectivity index (χ0v) is 16.4. The third-order valence-electron chi connectivity index (χ3n) is 4.92. The van der Waals surface area contributed by atoms with Gasteiger partial charge in [0, 0.05) is 59.7 Å². The van der Waals surface area contributed by atoms with Crippen molar-refractivity contribution < 1.29 is 13.6 Å². The predicted molar refractivity (Wildman–Crippen MR) is 112 cm³/mol. The molecule has 0 aliphatic rings. The van der Waals surface area contributed by atoms with Gasteiger partial charge in [0.05, 0.1) is 5.69 Å². The topological polar surface area (TPSA) is 70.7 Å². The fraction of sp³-hybridized carbons (Fsp3) is 0.174. The third-order valence-corrected chi connectivity index (χ3v) is 4.92. The molecule has 0 radical (unpaired) electrons. The Morgan fingerprint density at radius 2 is 2.03 bits per heavy atom. The van der Waals surface area contributed by atoms with Crippen LogP contribution in [0.1, 0.15) is 30.9 Å². The van der Waals surface area contributed by atoms with Crippen molar-refractivity contribution in [2.45, 2.75) is 26.2 Å². The van der Waals surface area contributed by atoms with Crippen molar-refractivity contribution in [3.05, 3.63) is 77.9 Å². The summed E-state index contributed by atoms with van der Waals surface area (Å²) in [5, 5.41) is 3.29. The van der Waals surface area contributed by atoms with E-state index in [4.69, 9.17) is 0 Å². The number of rotatable bonds is 6. The van der Waals surface area contributed by atoms with Gasteiger partial charge in [-0.15, -0.1) is 0 Å². The van der Waals surface area contributed by atoms with Crippen molar-refractivity contribution in [3.8, 4) is 11.1 Å². The quantitative estimate of drug-likeness (QED) is 0.460. The number of hydrogen-bond donors (Lipinski definition) is 2. The standard InChI is InChI=1S/C23H20F2N4O/c1-2-4-21(30)29-20-7-6-19(24)18(22(20)25)10-16-13-28-23-17(16)9-15(12-27-23)14-5-3-8-26-11-14/h3,5-9,11-13H,2,4,10H2,1H3,(H,27,28)(H,29,30). The largest absolute Gasteiger partial charge is 0.346 e. The summed E-state index contributed by atoms with van der Waals surface area (Å²) in [5.41, 5.74) is 2.98. The molecule has 4 rings (SSSR count). The molecule has 2 N–H and O–H groups in total.